The van der Waals surface area contributed by atoms with Crippen LogP contribution >= 0.6 is 0 Å². The lowest BCUT2D eigenvalue weighted by molar-refractivity contribution is -0.167. The molecule has 0 bridgehead atoms. The van der Waals surface area contributed by atoms with Gasteiger partial charge in [0.15, 0.2) is 6.10 Å². The van der Waals surface area contributed by atoms with E-state index in [0.717, 1.165) is 96.3 Å². The quantitative estimate of drug-likeness (QED) is 0.0261. The lowest BCUT2D eigenvalue weighted by atomic mass is 10.0. The van der Waals surface area contributed by atoms with Crippen molar-refractivity contribution in [3.8, 4) is 0 Å². The molecule has 0 radical (unpaired) electrons. The van der Waals surface area contributed by atoms with Gasteiger partial charge < -0.3 is 14.2 Å². The number of carbonyl (C=O) groups excluding carboxylic acids is 3. The maximum atomic E-state index is 12.8. The summed E-state index contributed by atoms with van der Waals surface area (Å²) in [7, 11) is 0. The Morgan fingerprint density at radius 1 is 0.292 bits per heavy atom. The van der Waals surface area contributed by atoms with Crippen LogP contribution in [0.25, 0.3) is 0 Å². The van der Waals surface area contributed by atoms with Gasteiger partial charge in [-0.3, -0.25) is 14.4 Å². The second kappa shape index (κ2) is 60.4. The van der Waals surface area contributed by atoms with E-state index in [-0.39, 0.29) is 31.1 Å². The number of allylic oxidation sites excluding steroid dienone is 12. The first-order chi connectivity index (χ1) is 35.5. The molecule has 0 saturated carbocycles. The standard InChI is InChI=1S/C66H116O6/c1-4-7-10-13-16-19-22-25-26-27-28-29-30-31-32-33-34-35-36-37-38-39-40-42-44-47-50-53-56-59-65(68)71-62-63(61-70-64(67)58-55-52-49-46-43-24-21-18-15-12-9-6-3)72-66(69)60-57-54-51-48-45-41-23-20-17-14-11-8-5-2/h8,11,17,20,22,25,27-28,30-31,41,45,63H,4-7,9-10,12-16,18-19,21,23-24,26,29,32-40,42-44,46-62H2,1-3H3/b11-8-,20-17-,25-22-,28-27-,31-30-,45-41-. The van der Waals surface area contributed by atoms with Gasteiger partial charge in [0.2, 0.25) is 0 Å². The third kappa shape index (κ3) is 57.7. The first-order valence-electron chi connectivity index (χ1n) is 30.9. The van der Waals surface area contributed by atoms with Crippen molar-refractivity contribution in [3.05, 3.63) is 72.9 Å². The number of ether oxygens (including phenoxy) is 3. The molecule has 0 aromatic heterocycles. The highest BCUT2D eigenvalue weighted by Gasteiger charge is 2.19. The molecule has 0 aromatic carbocycles. The summed E-state index contributed by atoms with van der Waals surface area (Å²) in [5.41, 5.74) is 0. The van der Waals surface area contributed by atoms with Gasteiger partial charge in [-0.1, -0.05) is 273 Å². The maximum Gasteiger partial charge on any atom is 0.306 e. The van der Waals surface area contributed by atoms with Crippen molar-refractivity contribution in [2.45, 2.75) is 316 Å². The molecule has 0 spiro atoms. The van der Waals surface area contributed by atoms with E-state index < -0.39 is 6.10 Å². The van der Waals surface area contributed by atoms with Gasteiger partial charge in [0.05, 0.1) is 0 Å². The number of hydrogen-bond donors (Lipinski definition) is 0. The Labute approximate surface area is 446 Å². The maximum absolute atomic E-state index is 12.8. The zero-order chi connectivity index (χ0) is 52.2. The van der Waals surface area contributed by atoms with Crippen LogP contribution in [-0.4, -0.2) is 37.2 Å². The summed E-state index contributed by atoms with van der Waals surface area (Å²) in [6.45, 7) is 6.51. The average Bonchev–Trinajstić information content (AvgIpc) is 3.38. The van der Waals surface area contributed by atoms with Gasteiger partial charge >= 0.3 is 17.9 Å². The topological polar surface area (TPSA) is 78.9 Å². The normalized spacial score (nSPS) is 12.5. The number of esters is 3. The van der Waals surface area contributed by atoms with E-state index in [9.17, 15) is 14.4 Å². The summed E-state index contributed by atoms with van der Waals surface area (Å²) in [5.74, 6) is -0.904. The molecule has 6 heteroatoms. The van der Waals surface area contributed by atoms with Crippen molar-refractivity contribution >= 4 is 17.9 Å². The highest BCUT2D eigenvalue weighted by atomic mass is 16.6. The van der Waals surface area contributed by atoms with Crippen LogP contribution in [0, 0.1) is 0 Å². The lowest BCUT2D eigenvalue weighted by Crippen LogP contribution is -2.30. The van der Waals surface area contributed by atoms with Gasteiger partial charge in [-0.2, -0.15) is 0 Å². The van der Waals surface area contributed by atoms with Gasteiger partial charge in [-0.15, -0.1) is 0 Å². The minimum absolute atomic E-state index is 0.0843. The summed E-state index contributed by atoms with van der Waals surface area (Å²) in [5, 5.41) is 0. The molecule has 1 atom stereocenters. The molecule has 0 N–H and O–H groups in total. The van der Waals surface area contributed by atoms with Crippen molar-refractivity contribution in [2.75, 3.05) is 13.2 Å². The van der Waals surface area contributed by atoms with Crippen LogP contribution < -0.4 is 0 Å². The zero-order valence-corrected chi connectivity index (χ0v) is 47.7. The molecule has 416 valence electrons. The molecule has 6 nitrogen and oxygen atoms in total. The van der Waals surface area contributed by atoms with Crippen LogP contribution in [0.5, 0.6) is 0 Å². The fourth-order valence-electron chi connectivity index (χ4n) is 8.82. The Bertz CT molecular complexity index is 1340. The van der Waals surface area contributed by atoms with Crippen molar-refractivity contribution in [2.24, 2.45) is 0 Å². The summed E-state index contributed by atoms with van der Waals surface area (Å²) < 4.78 is 16.8. The van der Waals surface area contributed by atoms with E-state index in [1.807, 2.05) is 0 Å². The largest absolute Gasteiger partial charge is 0.462 e. The first-order valence-corrected chi connectivity index (χ1v) is 30.9. The molecule has 0 aliphatic carbocycles. The predicted octanol–water partition coefficient (Wildman–Crippen LogP) is 20.9. The highest BCUT2D eigenvalue weighted by molar-refractivity contribution is 5.71. The Balaban J connectivity index is 4.18. The molecule has 72 heavy (non-hydrogen) atoms. The third-order valence-electron chi connectivity index (χ3n) is 13.4. The number of rotatable bonds is 56. The molecule has 0 rings (SSSR count). The average molecular weight is 1010 g/mol. The minimum atomic E-state index is -0.788. The van der Waals surface area contributed by atoms with Crippen molar-refractivity contribution in [1.29, 1.82) is 0 Å². The van der Waals surface area contributed by atoms with Crippen LogP contribution in [0.4, 0.5) is 0 Å². The SMILES string of the molecule is CC/C=C\C/C=C\C/C=C\CCCCCC(=O)OC(COC(=O)CCCCCCCCCCCCCC)COC(=O)CCCCCCCCCCCCCCCC/C=C\C/C=C\C/C=C\CCCCCCC. The van der Waals surface area contributed by atoms with E-state index in [1.54, 1.807) is 0 Å². The third-order valence-corrected chi connectivity index (χ3v) is 13.4. The highest BCUT2D eigenvalue weighted by Crippen LogP contribution is 2.16. The predicted molar refractivity (Wildman–Crippen MR) is 311 cm³/mol. The first kappa shape index (κ1) is 68.8. The van der Waals surface area contributed by atoms with Crippen molar-refractivity contribution in [3.63, 3.8) is 0 Å². The lowest BCUT2D eigenvalue weighted by Gasteiger charge is -2.18. The molecule has 0 saturated heterocycles. The second-order valence-electron chi connectivity index (χ2n) is 20.6. The fourth-order valence-corrected chi connectivity index (χ4v) is 8.82. The van der Waals surface area contributed by atoms with Crippen LogP contribution in [0.3, 0.4) is 0 Å². The smallest absolute Gasteiger partial charge is 0.306 e. The van der Waals surface area contributed by atoms with Gasteiger partial charge in [0.1, 0.15) is 13.2 Å². The summed E-state index contributed by atoms with van der Waals surface area (Å²) in [6.07, 6.45) is 77.8. The monoisotopic (exact) mass is 1000 g/mol. The molecule has 0 heterocycles. The van der Waals surface area contributed by atoms with Crippen LogP contribution in [0.15, 0.2) is 72.9 Å². The molecular weight excluding hydrogens is 889 g/mol. The molecule has 0 aliphatic heterocycles. The Kier molecular flexibility index (Phi) is 57.8. The molecule has 0 fully saturated rings. The summed E-state index contributed by atoms with van der Waals surface area (Å²) >= 11 is 0. The summed E-state index contributed by atoms with van der Waals surface area (Å²) in [6, 6.07) is 0. The van der Waals surface area contributed by atoms with E-state index in [4.69, 9.17) is 14.2 Å². The van der Waals surface area contributed by atoms with Gasteiger partial charge in [-0.25, -0.2) is 0 Å². The summed E-state index contributed by atoms with van der Waals surface area (Å²) in [4.78, 5) is 38.1. The Hall–Kier alpha value is -3.15. The van der Waals surface area contributed by atoms with E-state index in [1.165, 1.54) is 173 Å². The van der Waals surface area contributed by atoms with E-state index >= 15 is 0 Å². The van der Waals surface area contributed by atoms with Gasteiger partial charge in [0, 0.05) is 19.3 Å². The van der Waals surface area contributed by atoms with E-state index in [0.29, 0.717) is 19.3 Å². The second-order valence-corrected chi connectivity index (χ2v) is 20.6. The van der Waals surface area contributed by atoms with Gasteiger partial charge in [0.25, 0.3) is 0 Å². The van der Waals surface area contributed by atoms with E-state index in [2.05, 4.69) is 93.7 Å². The number of unbranched alkanes of at least 4 members (excludes halogenated alkanes) is 33. The number of carbonyl (C=O) groups is 3. The van der Waals surface area contributed by atoms with Crippen molar-refractivity contribution < 1.29 is 28.6 Å². The van der Waals surface area contributed by atoms with Crippen molar-refractivity contribution in [1.82, 2.24) is 0 Å². The number of hydrogen-bond acceptors (Lipinski definition) is 6. The Morgan fingerprint density at radius 2 is 0.542 bits per heavy atom. The molecule has 0 aromatic rings. The van der Waals surface area contributed by atoms with Crippen LogP contribution in [0.2, 0.25) is 0 Å². The van der Waals surface area contributed by atoms with Crippen LogP contribution in [0.1, 0.15) is 310 Å². The Morgan fingerprint density at radius 3 is 0.861 bits per heavy atom. The molecule has 0 aliphatic rings. The van der Waals surface area contributed by atoms with Gasteiger partial charge in [-0.05, 0) is 89.9 Å². The van der Waals surface area contributed by atoms with Crippen LogP contribution in [-0.2, 0) is 28.6 Å². The molecule has 1 unspecified atom stereocenters. The minimum Gasteiger partial charge on any atom is -0.462 e. The molecule has 0 amide bonds. The zero-order valence-electron chi connectivity index (χ0n) is 47.7. The fraction of sp³-hybridized carbons (Fsp3) is 0.773. The molecular formula is C66H116O6.